The fourth-order valence-electron chi connectivity index (χ4n) is 1.44. The maximum Gasteiger partial charge on any atom is 0.161 e. The fourth-order valence-corrected chi connectivity index (χ4v) is 1.44. The van der Waals surface area contributed by atoms with Crippen molar-refractivity contribution in [1.82, 2.24) is 9.97 Å². The summed E-state index contributed by atoms with van der Waals surface area (Å²) >= 11 is 0. The SMILES string of the molecule is Cc1ccc(C(O)c2ncc(C)cn2)cc1. The van der Waals surface area contributed by atoms with Crippen molar-refractivity contribution in [2.75, 3.05) is 0 Å². The number of aliphatic hydroxyl groups excluding tert-OH is 1. The van der Waals surface area contributed by atoms with Gasteiger partial charge in [-0.1, -0.05) is 29.8 Å². The van der Waals surface area contributed by atoms with E-state index < -0.39 is 6.10 Å². The molecule has 0 aliphatic carbocycles. The quantitative estimate of drug-likeness (QED) is 0.833. The number of nitrogens with zero attached hydrogens (tertiary/aromatic N) is 2. The molecule has 3 heteroatoms. The summed E-state index contributed by atoms with van der Waals surface area (Å²) in [7, 11) is 0. The predicted molar refractivity (Wildman–Crippen MR) is 62.0 cm³/mol. The number of aryl methyl sites for hydroxylation is 2. The van der Waals surface area contributed by atoms with Crippen LogP contribution in [0.1, 0.15) is 28.6 Å². The maximum atomic E-state index is 10.0. The van der Waals surface area contributed by atoms with E-state index in [1.165, 1.54) is 5.56 Å². The highest BCUT2D eigenvalue weighted by molar-refractivity contribution is 5.26. The standard InChI is InChI=1S/C13H14N2O/c1-9-3-5-11(6-4-9)12(16)13-14-7-10(2)8-15-13/h3-8,12,16H,1-2H3. The molecule has 16 heavy (non-hydrogen) atoms. The number of hydrogen-bond acceptors (Lipinski definition) is 3. The smallest absolute Gasteiger partial charge is 0.161 e. The Labute approximate surface area is 94.8 Å². The zero-order valence-electron chi connectivity index (χ0n) is 9.38. The summed E-state index contributed by atoms with van der Waals surface area (Å²) < 4.78 is 0. The van der Waals surface area contributed by atoms with Gasteiger partial charge < -0.3 is 5.11 Å². The van der Waals surface area contributed by atoms with Gasteiger partial charge in [0.2, 0.25) is 0 Å². The van der Waals surface area contributed by atoms with Gasteiger partial charge in [0, 0.05) is 12.4 Å². The van der Waals surface area contributed by atoms with Gasteiger partial charge in [-0.2, -0.15) is 0 Å². The Morgan fingerprint density at radius 3 is 2.06 bits per heavy atom. The van der Waals surface area contributed by atoms with Crippen molar-refractivity contribution < 1.29 is 5.11 Å². The second kappa shape index (κ2) is 4.41. The van der Waals surface area contributed by atoms with Crippen LogP contribution in [0.4, 0.5) is 0 Å². The molecule has 0 bridgehead atoms. The van der Waals surface area contributed by atoms with E-state index in [1.54, 1.807) is 12.4 Å². The molecule has 0 saturated carbocycles. The summed E-state index contributed by atoms with van der Waals surface area (Å²) in [6.07, 6.45) is 2.67. The van der Waals surface area contributed by atoms with Crippen molar-refractivity contribution in [3.63, 3.8) is 0 Å². The highest BCUT2D eigenvalue weighted by atomic mass is 16.3. The zero-order valence-corrected chi connectivity index (χ0v) is 9.38. The van der Waals surface area contributed by atoms with E-state index in [9.17, 15) is 5.11 Å². The molecule has 1 aromatic carbocycles. The Balaban J connectivity index is 2.28. The van der Waals surface area contributed by atoms with Crippen LogP contribution in [0.25, 0.3) is 0 Å². The third-order valence-corrected chi connectivity index (χ3v) is 2.44. The number of hydrogen-bond donors (Lipinski definition) is 1. The van der Waals surface area contributed by atoms with Gasteiger partial charge in [0.1, 0.15) is 6.10 Å². The molecule has 0 saturated heterocycles. The highest BCUT2D eigenvalue weighted by Crippen LogP contribution is 2.18. The summed E-state index contributed by atoms with van der Waals surface area (Å²) in [5.41, 5.74) is 2.97. The zero-order chi connectivity index (χ0) is 11.5. The van der Waals surface area contributed by atoms with Crippen LogP contribution in [0, 0.1) is 13.8 Å². The van der Waals surface area contributed by atoms with E-state index in [2.05, 4.69) is 9.97 Å². The lowest BCUT2D eigenvalue weighted by Crippen LogP contribution is -2.05. The molecule has 2 aromatic rings. The fraction of sp³-hybridized carbons (Fsp3) is 0.231. The van der Waals surface area contributed by atoms with Crippen molar-refractivity contribution in [3.05, 3.63) is 59.2 Å². The van der Waals surface area contributed by atoms with E-state index in [1.807, 2.05) is 38.1 Å². The van der Waals surface area contributed by atoms with Crippen molar-refractivity contribution >= 4 is 0 Å². The normalized spacial score (nSPS) is 12.4. The van der Waals surface area contributed by atoms with E-state index in [4.69, 9.17) is 0 Å². The Morgan fingerprint density at radius 1 is 0.938 bits per heavy atom. The number of aliphatic hydroxyl groups is 1. The molecule has 0 aliphatic rings. The first-order valence-corrected chi connectivity index (χ1v) is 5.20. The Kier molecular flexibility index (Phi) is 2.97. The molecule has 0 spiro atoms. The van der Waals surface area contributed by atoms with Gasteiger partial charge in [0.05, 0.1) is 0 Å². The number of benzene rings is 1. The molecule has 1 atom stereocenters. The van der Waals surface area contributed by atoms with Crippen molar-refractivity contribution in [1.29, 1.82) is 0 Å². The first-order valence-electron chi connectivity index (χ1n) is 5.20. The molecular weight excluding hydrogens is 200 g/mol. The summed E-state index contributed by atoms with van der Waals surface area (Å²) in [5, 5.41) is 10.0. The van der Waals surface area contributed by atoms with Gasteiger partial charge in [-0.15, -0.1) is 0 Å². The minimum absolute atomic E-state index is 0.439. The lowest BCUT2D eigenvalue weighted by Gasteiger charge is -2.09. The second-order valence-corrected chi connectivity index (χ2v) is 3.93. The van der Waals surface area contributed by atoms with Crippen LogP contribution in [0.15, 0.2) is 36.7 Å². The summed E-state index contributed by atoms with van der Waals surface area (Å²) in [6, 6.07) is 7.71. The largest absolute Gasteiger partial charge is 0.380 e. The molecular formula is C13H14N2O. The minimum atomic E-state index is -0.749. The van der Waals surface area contributed by atoms with E-state index >= 15 is 0 Å². The maximum absolute atomic E-state index is 10.0. The molecule has 0 amide bonds. The van der Waals surface area contributed by atoms with Gasteiger partial charge in [-0.25, -0.2) is 9.97 Å². The molecule has 0 radical (unpaired) electrons. The van der Waals surface area contributed by atoms with Crippen LogP contribution >= 0.6 is 0 Å². The average Bonchev–Trinajstić information content (AvgIpc) is 2.30. The molecule has 0 aliphatic heterocycles. The number of rotatable bonds is 2. The minimum Gasteiger partial charge on any atom is -0.380 e. The third-order valence-electron chi connectivity index (χ3n) is 2.44. The van der Waals surface area contributed by atoms with Crippen LogP contribution in [-0.2, 0) is 0 Å². The van der Waals surface area contributed by atoms with Gasteiger partial charge in [0.25, 0.3) is 0 Å². The summed E-state index contributed by atoms with van der Waals surface area (Å²) in [4.78, 5) is 8.23. The molecule has 1 unspecified atom stereocenters. The van der Waals surface area contributed by atoms with Gasteiger partial charge in [0.15, 0.2) is 5.82 Å². The van der Waals surface area contributed by atoms with Gasteiger partial charge in [-0.3, -0.25) is 0 Å². The van der Waals surface area contributed by atoms with Crippen LogP contribution in [0.3, 0.4) is 0 Å². The summed E-state index contributed by atoms with van der Waals surface area (Å²) in [5.74, 6) is 0.439. The Hall–Kier alpha value is -1.74. The molecule has 3 nitrogen and oxygen atoms in total. The Bertz CT molecular complexity index is 417. The van der Waals surface area contributed by atoms with Crippen LogP contribution in [-0.4, -0.2) is 15.1 Å². The molecule has 0 fully saturated rings. The van der Waals surface area contributed by atoms with Crippen molar-refractivity contribution in [2.45, 2.75) is 20.0 Å². The Morgan fingerprint density at radius 2 is 1.50 bits per heavy atom. The van der Waals surface area contributed by atoms with Crippen LogP contribution in [0.5, 0.6) is 0 Å². The predicted octanol–water partition coefficient (Wildman–Crippen LogP) is 2.18. The second-order valence-electron chi connectivity index (χ2n) is 3.93. The van der Waals surface area contributed by atoms with Crippen LogP contribution in [0.2, 0.25) is 0 Å². The monoisotopic (exact) mass is 214 g/mol. The van der Waals surface area contributed by atoms with E-state index in [-0.39, 0.29) is 0 Å². The molecule has 82 valence electrons. The van der Waals surface area contributed by atoms with E-state index in [0.29, 0.717) is 5.82 Å². The highest BCUT2D eigenvalue weighted by Gasteiger charge is 2.12. The first kappa shape index (κ1) is 10.8. The van der Waals surface area contributed by atoms with Gasteiger partial charge >= 0.3 is 0 Å². The topological polar surface area (TPSA) is 46.0 Å². The summed E-state index contributed by atoms with van der Waals surface area (Å²) in [6.45, 7) is 3.93. The third kappa shape index (κ3) is 2.25. The lowest BCUT2D eigenvalue weighted by molar-refractivity contribution is 0.209. The first-order chi connectivity index (χ1) is 7.66. The number of aromatic nitrogens is 2. The van der Waals surface area contributed by atoms with Crippen molar-refractivity contribution in [2.24, 2.45) is 0 Å². The van der Waals surface area contributed by atoms with E-state index in [0.717, 1.165) is 11.1 Å². The lowest BCUT2D eigenvalue weighted by atomic mass is 10.1. The average molecular weight is 214 g/mol. The van der Waals surface area contributed by atoms with Gasteiger partial charge in [-0.05, 0) is 25.0 Å². The van der Waals surface area contributed by atoms with Crippen molar-refractivity contribution in [3.8, 4) is 0 Å². The molecule has 1 heterocycles. The van der Waals surface area contributed by atoms with Crippen LogP contribution < -0.4 is 0 Å². The molecule has 1 aromatic heterocycles. The molecule has 1 N–H and O–H groups in total. The molecule has 2 rings (SSSR count).